The summed E-state index contributed by atoms with van der Waals surface area (Å²) in [5.74, 6) is 0. The lowest BCUT2D eigenvalue weighted by molar-refractivity contribution is 0.134. The first-order valence-electron chi connectivity index (χ1n) is 3.98. The maximum atomic E-state index is 11.1. The highest BCUT2D eigenvalue weighted by molar-refractivity contribution is 5.70. The highest BCUT2D eigenvalue weighted by Crippen LogP contribution is 2.30. The zero-order valence-electron chi connectivity index (χ0n) is 6.32. The van der Waals surface area contributed by atoms with Gasteiger partial charge in [0.1, 0.15) is 6.10 Å². The van der Waals surface area contributed by atoms with Crippen LogP contribution < -0.4 is 5.73 Å². The number of amides is 1. The second kappa shape index (κ2) is 2.37. The van der Waals surface area contributed by atoms with Gasteiger partial charge in [-0.05, 0) is 12.8 Å². The van der Waals surface area contributed by atoms with E-state index >= 15 is 0 Å². The number of nitrogens with two attached hydrogens (primary N) is 1. The molecule has 2 N–H and O–H groups in total. The van der Waals surface area contributed by atoms with Crippen molar-refractivity contribution in [2.24, 2.45) is 5.73 Å². The average Bonchev–Trinajstić information content (AvgIpc) is 2.76. The highest BCUT2D eigenvalue weighted by Gasteiger charge is 2.40. The molecule has 2 rings (SSSR count). The Hall–Kier alpha value is -0.770. The van der Waals surface area contributed by atoms with Crippen LogP contribution in [0.2, 0.25) is 0 Å². The van der Waals surface area contributed by atoms with E-state index in [1.54, 1.807) is 4.90 Å². The molecule has 1 saturated carbocycles. The summed E-state index contributed by atoms with van der Waals surface area (Å²) in [6.07, 6.45) is 2.02. The fourth-order valence-electron chi connectivity index (χ4n) is 1.35. The van der Waals surface area contributed by atoms with Gasteiger partial charge in [-0.15, -0.1) is 0 Å². The second-order valence-electron chi connectivity index (χ2n) is 3.13. The van der Waals surface area contributed by atoms with Gasteiger partial charge in [0, 0.05) is 12.6 Å². The van der Waals surface area contributed by atoms with Crippen molar-refractivity contribution in [1.29, 1.82) is 0 Å². The molecule has 1 aliphatic heterocycles. The van der Waals surface area contributed by atoms with E-state index in [0.717, 1.165) is 12.8 Å². The van der Waals surface area contributed by atoms with Gasteiger partial charge in [0.15, 0.2) is 0 Å². The number of rotatable bonds is 2. The number of carbonyl (C=O) groups excluding carboxylic acids is 1. The van der Waals surface area contributed by atoms with Crippen molar-refractivity contribution >= 4 is 6.09 Å². The predicted molar refractivity (Wildman–Crippen MR) is 39.1 cm³/mol. The summed E-state index contributed by atoms with van der Waals surface area (Å²) in [5.41, 5.74) is 5.37. The minimum Gasteiger partial charge on any atom is -0.443 e. The van der Waals surface area contributed by atoms with Crippen LogP contribution in [0, 0.1) is 0 Å². The first-order valence-corrected chi connectivity index (χ1v) is 3.98. The van der Waals surface area contributed by atoms with Gasteiger partial charge in [-0.25, -0.2) is 4.79 Å². The largest absolute Gasteiger partial charge is 0.443 e. The summed E-state index contributed by atoms with van der Waals surface area (Å²) >= 11 is 0. The molecule has 1 saturated heterocycles. The van der Waals surface area contributed by atoms with E-state index in [2.05, 4.69) is 0 Å². The van der Waals surface area contributed by atoms with E-state index in [1.165, 1.54) is 0 Å². The summed E-state index contributed by atoms with van der Waals surface area (Å²) in [7, 11) is 0. The fourth-order valence-corrected chi connectivity index (χ4v) is 1.35. The number of carbonyl (C=O) groups is 1. The molecule has 4 heteroatoms. The Kier molecular flexibility index (Phi) is 1.49. The van der Waals surface area contributed by atoms with E-state index < -0.39 is 0 Å². The second-order valence-corrected chi connectivity index (χ2v) is 3.13. The molecule has 62 valence electrons. The smallest absolute Gasteiger partial charge is 0.410 e. The molecule has 0 radical (unpaired) electrons. The first kappa shape index (κ1) is 6.91. The Labute approximate surface area is 65.3 Å². The Bertz CT molecular complexity index is 179. The van der Waals surface area contributed by atoms with Crippen LogP contribution in [-0.2, 0) is 4.74 Å². The standard InChI is InChI=1S/C7H12N2O2/c8-3-6-4-9(5-1-2-5)7(10)11-6/h5-6H,1-4,8H2/t6-/m0/s1. The van der Waals surface area contributed by atoms with E-state index in [0.29, 0.717) is 19.1 Å². The molecule has 0 unspecified atom stereocenters. The molecule has 0 aromatic carbocycles. The minimum absolute atomic E-state index is 0.0666. The fraction of sp³-hybridized carbons (Fsp3) is 0.857. The van der Waals surface area contributed by atoms with Gasteiger partial charge in [-0.3, -0.25) is 0 Å². The number of ether oxygens (including phenoxy) is 1. The molecule has 11 heavy (non-hydrogen) atoms. The van der Waals surface area contributed by atoms with Gasteiger partial charge in [-0.1, -0.05) is 0 Å². The normalized spacial score (nSPS) is 30.8. The number of cyclic esters (lactones) is 1. The summed E-state index contributed by atoms with van der Waals surface area (Å²) in [5, 5.41) is 0. The molecule has 0 aromatic heterocycles. The highest BCUT2D eigenvalue weighted by atomic mass is 16.6. The Morgan fingerprint density at radius 1 is 1.64 bits per heavy atom. The van der Waals surface area contributed by atoms with Crippen molar-refractivity contribution in [1.82, 2.24) is 4.90 Å². The van der Waals surface area contributed by atoms with Crippen LogP contribution in [0.5, 0.6) is 0 Å². The van der Waals surface area contributed by atoms with Crippen molar-refractivity contribution in [3.63, 3.8) is 0 Å². The first-order chi connectivity index (χ1) is 5.31. The van der Waals surface area contributed by atoms with Crippen LogP contribution in [0.1, 0.15) is 12.8 Å². The minimum atomic E-state index is -0.178. The van der Waals surface area contributed by atoms with Crippen molar-refractivity contribution in [3.8, 4) is 0 Å². The summed E-state index contributed by atoms with van der Waals surface area (Å²) in [6.45, 7) is 1.13. The molecular formula is C7H12N2O2. The van der Waals surface area contributed by atoms with Crippen LogP contribution in [0.15, 0.2) is 0 Å². The van der Waals surface area contributed by atoms with Gasteiger partial charge >= 0.3 is 6.09 Å². The van der Waals surface area contributed by atoms with Crippen molar-refractivity contribution in [2.75, 3.05) is 13.1 Å². The molecule has 0 spiro atoms. The van der Waals surface area contributed by atoms with Crippen LogP contribution in [0.25, 0.3) is 0 Å². The third kappa shape index (κ3) is 1.18. The maximum absolute atomic E-state index is 11.1. The van der Waals surface area contributed by atoms with E-state index in [1.807, 2.05) is 0 Å². The van der Waals surface area contributed by atoms with E-state index in [4.69, 9.17) is 10.5 Å². The molecule has 4 nitrogen and oxygen atoms in total. The van der Waals surface area contributed by atoms with Crippen LogP contribution in [0.4, 0.5) is 4.79 Å². The molecular weight excluding hydrogens is 144 g/mol. The number of hydrogen-bond donors (Lipinski definition) is 1. The molecule has 1 aliphatic carbocycles. The third-order valence-corrected chi connectivity index (χ3v) is 2.15. The number of nitrogens with zero attached hydrogens (tertiary/aromatic N) is 1. The molecule has 1 heterocycles. The van der Waals surface area contributed by atoms with E-state index in [-0.39, 0.29) is 12.2 Å². The zero-order valence-corrected chi connectivity index (χ0v) is 6.32. The van der Waals surface area contributed by atoms with Gasteiger partial charge in [0.25, 0.3) is 0 Å². The molecule has 1 atom stereocenters. The van der Waals surface area contributed by atoms with Gasteiger partial charge < -0.3 is 15.4 Å². The van der Waals surface area contributed by atoms with Gasteiger partial charge in [-0.2, -0.15) is 0 Å². The van der Waals surface area contributed by atoms with Gasteiger partial charge in [0.2, 0.25) is 0 Å². The summed E-state index contributed by atoms with van der Waals surface area (Å²) in [6, 6.07) is 0.457. The van der Waals surface area contributed by atoms with Crippen molar-refractivity contribution < 1.29 is 9.53 Å². The Balaban J connectivity index is 1.96. The molecule has 0 aromatic rings. The lowest BCUT2D eigenvalue weighted by Crippen LogP contribution is -2.29. The quantitative estimate of drug-likeness (QED) is 0.608. The monoisotopic (exact) mass is 156 g/mol. The lowest BCUT2D eigenvalue weighted by atomic mass is 10.3. The maximum Gasteiger partial charge on any atom is 0.410 e. The Morgan fingerprint density at radius 2 is 2.36 bits per heavy atom. The van der Waals surface area contributed by atoms with Crippen LogP contribution in [-0.4, -0.2) is 36.2 Å². The molecule has 1 amide bonds. The summed E-state index contributed by atoms with van der Waals surface area (Å²) in [4.78, 5) is 12.9. The van der Waals surface area contributed by atoms with Crippen molar-refractivity contribution in [2.45, 2.75) is 25.0 Å². The number of hydrogen-bond acceptors (Lipinski definition) is 3. The molecule has 0 bridgehead atoms. The van der Waals surface area contributed by atoms with Crippen LogP contribution >= 0.6 is 0 Å². The third-order valence-electron chi connectivity index (χ3n) is 2.15. The Morgan fingerprint density at radius 3 is 2.82 bits per heavy atom. The summed E-state index contributed by atoms with van der Waals surface area (Å²) < 4.78 is 4.99. The lowest BCUT2D eigenvalue weighted by Gasteiger charge is -2.09. The van der Waals surface area contributed by atoms with Crippen molar-refractivity contribution in [3.05, 3.63) is 0 Å². The SMILES string of the molecule is NC[C@H]1CN(C2CC2)C(=O)O1. The molecule has 2 fully saturated rings. The predicted octanol–water partition coefficient (Wildman–Crippen LogP) is -0.0717. The van der Waals surface area contributed by atoms with E-state index in [9.17, 15) is 4.79 Å². The average molecular weight is 156 g/mol. The topological polar surface area (TPSA) is 55.6 Å². The van der Waals surface area contributed by atoms with Crippen LogP contribution in [0.3, 0.4) is 0 Å². The molecule has 2 aliphatic rings. The zero-order chi connectivity index (χ0) is 7.84. The van der Waals surface area contributed by atoms with Gasteiger partial charge in [0.05, 0.1) is 6.54 Å².